The average molecular weight is 430 g/mol. The van der Waals surface area contributed by atoms with Crippen molar-refractivity contribution in [3.8, 4) is 23.7 Å². The fraction of sp³-hybridized carbons (Fsp3) is 0.478. The van der Waals surface area contributed by atoms with E-state index in [0.717, 1.165) is 38.1 Å². The van der Waals surface area contributed by atoms with Crippen molar-refractivity contribution < 1.29 is 18.0 Å². The Balaban J connectivity index is 1.58. The molecule has 0 radical (unpaired) electrons. The van der Waals surface area contributed by atoms with Crippen molar-refractivity contribution in [2.75, 3.05) is 26.2 Å². The topological polar surface area (TPSA) is 41.4 Å². The van der Waals surface area contributed by atoms with Crippen LogP contribution in [0, 0.1) is 12.3 Å². The maximum atomic E-state index is 13.3. The van der Waals surface area contributed by atoms with Crippen LogP contribution in [0.2, 0.25) is 0 Å². The summed E-state index contributed by atoms with van der Waals surface area (Å²) in [6, 6.07) is 5.40. The maximum Gasteiger partial charge on any atom is 0.416 e. The van der Waals surface area contributed by atoms with Crippen molar-refractivity contribution >= 4 is 5.91 Å². The van der Waals surface area contributed by atoms with E-state index < -0.39 is 11.7 Å². The van der Waals surface area contributed by atoms with Gasteiger partial charge in [-0.3, -0.25) is 4.79 Å². The molecule has 1 amide bonds. The van der Waals surface area contributed by atoms with E-state index in [-0.39, 0.29) is 28.7 Å². The lowest BCUT2D eigenvalue weighted by Gasteiger charge is -2.36. The summed E-state index contributed by atoms with van der Waals surface area (Å²) < 4.78 is 40.9. The number of aromatic nitrogens is 2. The Labute approximate surface area is 179 Å². The Morgan fingerprint density at radius 2 is 1.84 bits per heavy atom. The van der Waals surface area contributed by atoms with Gasteiger partial charge in [0.15, 0.2) is 0 Å². The number of piperidine rings is 1. The van der Waals surface area contributed by atoms with Crippen molar-refractivity contribution in [3.63, 3.8) is 0 Å². The Hall–Kier alpha value is -2.79. The van der Waals surface area contributed by atoms with Gasteiger partial charge in [0.1, 0.15) is 17.2 Å². The van der Waals surface area contributed by atoms with Gasteiger partial charge in [0.25, 0.3) is 5.91 Å². The van der Waals surface area contributed by atoms with Gasteiger partial charge >= 0.3 is 6.18 Å². The zero-order chi connectivity index (χ0) is 22.2. The quantitative estimate of drug-likeness (QED) is 0.696. The van der Waals surface area contributed by atoms with Gasteiger partial charge in [-0.2, -0.15) is 13.2 Å². The molecule has 2 aliphatic heterocycles. The first kappa shape index (κ1) is 21.4. The third-order valence-electron chi connectivity index (χ3n) is 6.29. The second-order valence-corrected chi connectivity index (χ2v) is 8.18. The normalized spacial score (nSPS) is 18.4. The molecule has 0 atom stereocenters. The SMILES string of the molecule is C#Cc1nc(-c2cccc(C(F)(F)F)c2)n(C)c1C(=O)N1CCC(N2CCCC2)CC1. The molecule has 1 aromatic carbocycles. The summed E-state index contributed by atoms with van der Waals surface area (Å²) in [4.78, 5) is 21.9. The average Bonchev–Trinajstić information content (AvgIpc) is 3.41. The molecule has 0 N–H and O–H groups in total. The van der Waals surface area contributed by atoms with Gasteiger partial charge in [-0.1, -0.05) is 12.1 Å². The van der Waals surface area contributed by atoms with Crippen LogP contribution in [0.4, 0.5) is 13.2 Å². The molecule has 2 saturated heterocycles. The first-order valence-electron chi connectivity index (χ1n) is 10.5. The summed E-state index contributed by atoms with van der Waals surface area (Å²) in [5.41, 5.74) is -0.108. The summed E-state index contributed by atoms with van der Waals surface area (Å²) in [5.74, 6) is 2.46. The van der Waals surface area contributed by atoms with E-state index in [1.807, 2.05) is 0 Å². The molecule has 4 rings (SSSR count). The molecule has 2 fully saturated rings. The summed E-state index contributed by atoms with van der Waals surface area (Å²) >= 11 is 0. The lowest BCUT2D eigenvalue weighted by molar-refractivity contribution is -0.137. The van der Waals surface area contributed by atoms with Crippen LogP contribution in [-0.4, -0.2) is 57.5 Å². The zero-order valence-corrected chi connectivity index (χ0v) is 17.5. The molecule has 8 heteroatoms. The van der Waals surface area contributed by atoms with Crippen LogP contribution >= 0.6 is 0 Å². The number of hydrogen-bond acceptors (Lipinski definition) is 3. The van der Waals surface area contributed by atoms with Crippen molar-refractivity contribution in [1.29, 1.82) is 0 Å². The third kappa shape index (κ3) is 4.19. The highest BCUT2D eigenvalue weighted by atomic mass is 19.4. The number of alkyl halides is 3. The number of halogens is 3. The van der Waals surface area contributed by atoms with Crippen LogP contribution in [0.15, 0.2) is 24.3 Å². The Morgan fingerprint density at radius 1 is 1.16 bits per heavy atom. The van der Waals surface area contributed by atoms with E-state index >= 15 is 0 Å². The number of terminal acetylenes is 1. The molecule has 1 aromatic heterocycles. The zero-order valence-electron chi connectivity index (χ0n) is 17.5. The highest BCUT2D eigenvalue weighted by molar-refractivity contribution is 5.95. The number of nitrogens with zero attached hydrogens (tertiary/aromatic N) is 4. The van der Waals surface area contributed by atoms with Crippen LogP contribution in [0.25, 0.3) is 11.4 Å². The summed E-state index contributed by atoms with van der Waals surface area (Å²) in [6.07, 6.45) is 5.43. The fourth-order valence-electron chi connectivity index (χ4n) is 4.63. The maximum absolute atomic E-state index is 13.3. The predicted octanol–water partition coefficient (Wildman–Crippen LogP) is 3.79. The smallest absolute Gasteiger partial charge is 0.337 e. The fourth-order valence-corrected chi connectivity index (χ4v) is 4.63. The van der Waals surface area contributed by atoms with Crippen LogP contribution in [0.1, 0.15) is 47.4 Å². The van der Waals surface area contributed by atoms with Gasteiger partial charge in [0.2, 0.25) is 0 Å². The van der Waals surface area contributed by atoms with Crippen LogP contribution in [-0.2, 0) is 13.2 Å². The van der Waals surface area contributed by atoms with Crippen molar-refractivity contribution in [3.05, 3.63) is 41.2 Å². The van der Waals surface area contributed by atoms with E-state index in [4.69, 9.17) is 6.42 Å². The first-order valence-corrected chi connectivity index (χ1v) is 10.5. The third-order valence-corrected chi connectivity index (χ3v) is 6.29. The van der Waals surface area contributed by atoms with Crippen molar-refractivity contribution in [1.82, 2.24) is 19.4 Å². The van der Waals surface area contributed by atoms with Gasteiger partial charge in [-0.15, -0.1) is 6.42 Å². The van der Waals surface area contributed by atoms with Crippen LogP contribution in [0.5, 0.6) is 0 Å². The van der Waals surface area contributed by atoms with Crippen molar-refractivity contribution in [2.45, 2.75) is 37.9 Å². The van der Waals surface area contributed by atoms with Gasteiger partial charge in [-0.25, -0.2) is 4.98 Å². The molecule has 0 saturated carbocycles. The molecule has 5 nitrogen and oxygen atoms in total. The number of likely N-dealkylation sites (tertiary alicyclic amines) is 2. The second kappa shape index (κ2) is 8.39. The van der Waals surface area contributed by atoms with Gasteiger partial charge in [0, 0.05) is 31.7 Å². The Kier molecular flexibility index (Phi) is 5.80. The van der Waals surface area contributed by atoms with E-state index in [1.54, 1.807) is 11.9 Å². The molecule has 2 aromatic rings. The molecule has 0 spiro atoms. The lowest BCUT2D eigenvalue weighted by Crippen LogP contribution is -2.46. The monoisotopic (exact) mass is 430 g/mol. The molecule has 3 heterocycles. The van der Waals surface area contributed by atoms with Gasteiger partial charge in [-0.05, 0) is 56.8 Å². The largest absolute Gasteiger partial charge is 0.416 e. The number of carbonyl (C=O) groups is 1. The van der Waals surface area contributed by atoms with Gasteiger partial charge < -0.3 is 14.4 Å². The summed E-state index contributed by atoms with van der Waals surface area (Å²) in [5, 5.41) is 0. The molecule has 0 unspecified atom stereocenters. The molecule has 31 heavy (non-hydrogen) atoms. The Bertz CT molecular complexity index is 1010. The minimum Gasteiger partial charge on any atom is -0.337 e. The molecular formula is C23H25F3N4O. The number of hydrogen-bond donors (Lipinski definition) is 0. The van der Waals surface area contributed by atoms with E-state index in [1.165, 1.54) is 29.5 Å². The molecular weight excluding hydrogens is 405 g/mol. The lowest BCUT2D eigenvalue weighted by atomic mass is 10.0. The number of benzene rings is 1. The highest BCUT2D eigenvalue weighted by Crippen LogP contribution is 2.32. The predicted molar refractivity (Wildman–Crippen MR) is 111 cm³/mol. The molecule has 0 aliphatic carbocycles. The second-order valence-electron chi connectivity index (χ2n) is 8.18. The van der Waals surface area contributed by atoms with Gasteiger partial charge in [0.05, 0.1) is 5.56 Å². The number of rotatable bonds is 3. The van der Waals surface area contributed by atoms with Crippen LogP contribution in [0.3, 0.4) is 0 Å². The minimum atomic E-state index is -4.46. The molecule has 164 valence electrons. The number of carbonyl (C=O) groups excluding carboxylic acids is 1. The standard InChI is InChI=1S/C23H25F3N4O/c1-3-19-20(22(31)30-13-9-18(10-14-30)29-11-4-5-12-29)28(2)21(27-19)16-7-6-8-17(15-16)23(24,25)26/h1,6-8,15,18H,4-5,9-14H2,2H3. The van der Waals surface area contributed by atoms with Crippen molar-refractivity contribution in [2.24, 2.45) is 7.05 Å². The van der Waals surface area contributed by atoms with E-state index in [9.17, 15) is 18.0 Å². The molecule has 0 bridgehead atoms. The summed E-state index contributed by atoms with van der Waals surface area (Å²) in [6.45, 7) is 3.52. The number of amides is 1. The summed E-state index contributed by atoms with van der Waals surface area (Å²) in [7, 11) is 1.62. The highest BCUT2D eigenvalue weighted by Gasteiger charge is 2.33. The molecule has 2 aliphatic rings. The minimum absolute atomic E-state index is 0.154. The van der Waals surface area contributed by atoms with Crippen LogP contribution < -0.4 is 0 Å². The Morgan fingerprint density at radius 3 is 2.45 bits per heavy atom. The number of imidazole rings is 1. The first-order chi connectivity index (χ1) is 14.8. The van der Waals surface area contributed by atoms with E-state index in [2.05, 4.69) is 15.8 Å². The van der Waals surface area contributed by atoms with E-state index in [0.29, 0.717) is 19.1 Å².